The van der Waals surface area contributed by atoms with Crippen molar-refractivity contribution in [2.45, 2.75) is 38.6 Å². The Hall–Kier alpha value is -1.88. The molecule has 130 valence electrons. The van der Waals surface area contributed by atoms with E-state index in [0.717, 1.165) is 63.0 Å². The lowest BCUT2D eigenvalue weighted by atomic mass is 9.94. The summed E-state index contributed by atoms with van der Waals surface area (Å²) in [7, 11) is 0. The number of hydrogen-bond donors (Lipinski definition) is 1. The fourth-order valence-corrected chi connectivity index (χ4v) is 3.65. The van der Waals surface area contributed by atoms with Gasteiger partial charge in [0.2, 0.25) is 5.91 Å². The molecule has 0 atom stereocenters. The van der Waals surface area contributed by atoms with E-state index in [-0.39, 0.29) is 5.91 Å². The molecule has 3 rings (SSSR count). The second-order valence-electron chi connectivity index (χ2n) is 6.93. The summed E-state index contributed by atoms with van der Waals surface area (Å²) in [5, 5.41) is 0. The summed E-state index contributed by atoms with van der Waals surface area (Å²) in [5.74, 6) is 0.932. The summed E-state index contributed by atoms with van der Waals surface area (Å²) in [5.41, 5.74) is 7.37. The topological polar surface area (TPSA) is 66.6 Å². The second-order valence-corrected chi connectivity index (χ2v) is 6.93. The van der Waals surface area contributed by atoms with Gasteiger partial charge in [-0.2, -0.15) is 0 Å². The summed E-state index contributed by atoms with van der Waals surface area (Å²) < 4.78 is 0. The second kappa shape index (κ2) is 7.79. The van der Waals surface area contributed by atoms with E-state index < -0.39 is 0 Å². The third kappa shape index (κ3) is 3.96. The van der Waals surface area contributed by atoms with Crippen LogP contribution in [0.2, 0.25) is 0 Å². The number of piperidine rings is 2. The van der Waals surface area contributed by atoms with E-state index in [9.17, 15) is 9.59 Å². The highest BCUT2D eigenvalue weighted by atomic mass is 16.2. The van der Waals surface area contributed by atoms with Crippen molar-refractivity contribution in [1.82, 2.24) is 9.80 Å². The Morgan fingerprint density at radius 2 is 1.79 bits per heavy atom. The molecule has 2 aliphatic heterocycles. The lowest BCUT2D eigenvalue weighted by molar-refractivity contribution is -0.134. The van der Waals surface area contributed by atoms with E-state index in [2.05, 4.69) is 0 Å². The molecule has 24 heavy (non-hydrogen) atoms. The van der Waals surface area contributed by atoms with E-state index in [4.69, 9.17) is 5.73 Å². The van der Waals surface area contributed by atoms with Crippen molar-refractivity contribution in [3.63, 3.8) is 0 Å². The first kappa shape index (κ1) is 17.0. The Morgan fingerprint density at radius 1 is 1.08 bits per heavy atom. The molecule has 0 aromatic heterocycles. The normalized spacial score (nSPS) is 19.6. The van der Waals surface area contributed by atoms with Gasteiger partial charge in [-0.05, 0) is 49.3 Å². The first-order chi connectivity index (χ1) is 11.7. The van der Waals surface area contributed by atoms with E-state index in [0.29, 0.717) is 24.8 Å². The van der Waals surface area contributed by atoms with Crippen LogP contribution < -0.4 is 5.73 Å². The van der Waals surface area contributed by atoms with Gasteiger partial charge in [0.25, 0.3) is 5.91 Å². The van der Waals surface area contributed by atoms with Gasteiger partial charge >= 0.3 is 0 Å². The fraction of sp³-hybridized carbons (Fsp3) is 0.579. The molecule has 0 aliphatic carbocycles. The van der Waals surface area contributed by atoms with Crippen molar-refractivity contribution in [3.8, 4) is 0 Å². The highest BCUT2D eigenvalue weighted by Gasteiger charge is 2.27. The molecule has 2 heterocycles. The zero-order chi connectivity index (χ0) is 16.9. The first-order valence-electron chi connectivity index (χ1n) is 9.03. The average molecular weight is 329 g/mol. The number of amides is 2. The predicted octanol–water partition coefficient (Wildman–Crippen LogP) is 2.01. The number of likely N-dealkylation sites (tertiary alicyclic amines) is 2. The monoisotopic (exact) mass is 329 g/mol. The van der Waals surface area contributed by atoms with E-state index >= 15 is 0 Å². The maximum absolute atomic E-state index is 12.6. The van der Waals surface area contributed by atoms with Crippen LogP contribution in [-0.4, -0.2) is 47.8 Å². The molecule has 5 nitrogen and oxygen atoms in total. The fourth-order valence-electron chi connectivity index (χ4n) is 3.65. The van der Waals surface area contributed by atoms with Crippen molar-refractivity contribution in [1.29, 1.82) is 0 Å². The van der Waals surface area contributed by atoms with Crippen molar-refractivity contribution in [2.24, 2.45) is 11.7 Å². The molecule has 2 amide bonds. The zero-order valence-electron chi connectivity index (χ0n) is 14.2. The molecule has 0 unspecified atom stereocenters. The molecule has 5 heteroatoms. The Bertz CT molecular complexity index is 577. The van der Waals surface area contributed by atoms with Crippen LogP contribution >= 0.6 is 0 Å². The minimum absolute atomic E-state index is 0.103. The van der Waals surface area contributed by atoms with Crippen LogP contribution in [0.25, 0.3) is 0 Å². The number of carbonyl (C=O) groups is 2. The molecule has 0 radical (unpaired) electrons. The quantitative estimate of drug-likeness (QED) is 0.919. The third-order valence-electron chi connectivity index (χ3n) is 5.24. The number of rotatable bonds is 4. The van der Waals surface area contributed by atoms with Gasteiger partial charge in [-0.15, -0.1) is 0 Å². The van der Waals surface area contributed by atoms with Gasteiger partial charge in [0.15, 0.2) is 0 Å². The highest BCUT2D eigenvalue weighted by molar-refractivity contribution is 5.94. The van der Waals surface area contributed by atoms with Crippen LogP contribution in [0.4, 0.5) is 0 Å². The summed E-state index contributed by atoms with van der Waals surface area (Å²) >= 11 is 0. The van der Waals surface area contributed by atoms with E-state index in [1.807, 2.05) is 34.1 Å². The Kier molecular flexibility index (Phi) is 5.51. The molecule has 2 aliphatic rings. The van der Waals surface area contributed by atoms with Gasteiger partial charge in [-0.25, -0.2) is 0 Å². The minimum Gasteiger partial charge on any atom is -0.342 e. The maximum atomic E-state index is 12.6. The van der Waals surface area contributed by atoms with E-state index in [1.165, 1.54) is 0 Å². The first-order valence-corrected chi connectivity index (χ1v) is 9.03. The number of hydrogen-bond acceptors (Lipinski definition) is 3. The van der Waals surface area contributed by atoms with Crippen molar-refractivity contribution < 1.29 is 9.59 Å². The van der Waals surface area contributed by atoms with Gasteiger partial charge in [0.1, 0.15) is 0 Å². The standard InChI is InChI=1S/C19H27N3O2/c20-13-15-4-6-17(7-5-15)19(24)21-11-8-16(9-12-21)14-22-10-2-1-3-18(22)23/h4-7,16H,1-3,8-14,20H2. The van der Waals surface area contributed by atoms with Crippen LogP contribution in [0.3, 0.4) is 0 Å². The Balaban J connectivity index is 1.50. The third-order valence-corrected chi connectivity index (χ3v) is 5.24. The molecule has 2 saturated heterocycles. The zero-order valence-corrected chi connectivity index (χ0v) is 14.2. The van der Waals surface area contributed by atoms with Crippen molar-refractivity contribution >= 4 is 11.8 Å². The molecule has 0 bridgehead atoms. The number of carbonyl (C=O) groups excluding carboxylic acids is 2. The lowest BCUT2D eigenvalue weighted by Gasteiger charge is -2.36. The van der Waals surface area contributed by atoms with Gasteiger partial charge in [0, 0.05) is 44.7 Å². The molecule has 0 saturated carbocycles. The summed E-state index contributed by atoms with van der Waals surface area (Å²) in [6.07, 6.45) is 4.83. The van der Waals surface area contributed by atoms with Crippen LogP contribution in [0.1, 0.15) is 48.0 Å². The van der Waals surface area contributed by atoms with Gasteiger partial charge in [-0.3, -0.25) is 9.59 Å². The summed E-state index contributed by atoms with van der Waals surface area (Å²) in [6, 6.07) is 7.57. The molecule has 2 N–H and O–H groups in total. The SMILES string of the molecule is NCc1ccc(C(=O)N2CCC(CN3CCCCC3=O)CC2)cc1. The van der Waals surface area contributed by atoms with Crippen LogP contribution in [0.5, 0.6) is 0 Å². The molecular formula is C19H27N3O2. The molecular weight excluding hydrogens is 302 g/mol. The van der Waals surface area contributed by atoms with E-state index in [1.54, 1.807) is 0 Å². The maximum Gasteiger partial charge on any atom is 0.253 e. The molecule has 1 aromatic carbocycles. The summed E-state index contributed by atoms with van der Waals surface area (Å²) in [6.45, 7) is 3.83. The largest absolute Gasteiger partial charge is 0.342 e. The number of nitrogens with two attached hydrogens (primary N) is 1. The van der Waals surface area contributed by atoms with Crippen LogP contribution in [-0.2, 0) is 11.3 Å². The van der Waals surface area contributed by atoms with Crippen LogP contribution in [0, 0.1) is 5.92 Å². The smallest absolute Gasteiger partial charge is 0.253 e. The Morgan fingerprint density at radius 3 is 2.42 bits per heavy atom. The Labute approximate surface area is 143 Å². The minimum atomic E-state index is 0.103. The average Bonchev–Trinajstić information content (AvgIpc) is 2.64. The van der Waals surface area contributed by atoms with Crippen molar-refractivity contribution in [2.75, 3.05) is 26.2 Å². The van der Waals surface area contributed by atoms with Gasteiger partial charge in [0.05, 0.1) is 0 Å². The number of nitrogens with zero attached hydrogens (tertiary/aromatic N) is 2. The van der Waals surface area contributed by atoms with Gasteiger partial charge < -0.3 is 15.5 Å². The highest BCUT2D eigenvalue weighted by Crippen LogP contribution is 2.22. The molecule has 1 aromatic rings. The predicted molar refractivity (Wildman–Crippen MR) is 93.4 cm³/mol. The number of benzene rings is 1. The van der Waals surface area contributed by atoms with Gasteiger partial charge in [-0.1, -0.05) is 12.1 Å². The summed E-state index contributed by atoms with van der Waals surface area (Å²) in [4.78, 5) is 28.5. The van der Waals surface area contributed by atoms with Crippen molar-refractivity contribution in [3.05, 3.63) is 35.4 Å². The molecule has 2 fully saturated rings. The van der Waals surface area contributed by atoms with Crippen LogP contribution in [0.15, 0.2) is 24.3 Å². The molecule has 0 spiro atoms. The lowest BCUT2D eigenvalue weighted by Crippen LogP contribution is -2.44.